The Kier molecular flexibility index (Phi) is 1.96. The predicted molar refractivity (Wildman–Crippen MR) is 51.5 cm³/mol. The number of rotatable bonds is 1. The molecule has 3 heteroatoms. The maximum absolute atomic E-state index is 12.9. The first-order valence-corrected chi connectivity index (χ1v) is 4.43. The Morgan fingerprint density at radius 2 is 2.38 bits per heavy atom. The van der Waals surface area contributed by atoms with E-state index in [4.69, 9.17) is 5.73 Å². The van der Waals surface area contributed by atoms with Crippen LogP contribution < -0.4 is 10.6 Å². The molecule has 0 saturated heterocycles. The molecule has 13 heavy (non-hydrogen) atoms. The highest BCUT2D eigenvalue weighted by molar-refractivity contribution is 5.59. The second-order valence-electron chi connectivity index (χ2n) is 3.52. The smallest absolute Gasteiger partial charge is 0.125 e. The minimum Gasteiger partial charge on any atom is -0.374 e. The Balaban J connectivity index is 2.46. The molecule has 0 spiro atoms. The number of nitrogens with two attached hydrogens (primary N) is 1. The van der Waals surface area contributed by atoms with Crippen LogP contribution in [0.1, 0.15) is 11.5 Å². The van der Waals surface area contributed by atoms with Crippen molar-refractivity contribution in [2.75, 3.05) is 25.0 Å². The van der Waals surface area contributed by atoms with Crippen molar-refractivity contribution in [2.24, 2.45) is 5.73 Å². The Labute approximate surface area is 77.2 Å². The average Bonchev–Trinajstić information content (AvgIpc) is 2.43. The second-order valence-corrected chi connectivity index (χ2v) is 3.52. The molecule has 0 radical (unpaired) electrons. The van der Waals surface area contributed by atoms with Crippen molar-refractivity contribution in [3.05, 3.63) is 29.6 Å². The summed E-state index contributed by atoms with van der Waals surface area (Å²) in [7, 11) is 1.97. The molecule has 1 aromatic rings. The van der Waals surface area contributed by atoms with Crippen LogP contribution in [0.3, 0.4) is 0 Å². The van der Waals surface area contributed by atoms with Crippen molar-refractivity contribution >= 4 is 5.69 Å². The van der Waals surface area contributed by atoms with E-state index < -0.39 is 0 Å². The number of benzene rings is 1. The Hall–Kier alpha value is -1.09. The van der Waals surface area contributed by atoms with Crippen LogP contribution in [-0.4, -0.2) is 20.1 Å². The lowest BCUT2D eigenvalue weighted by Gasteiger charge is -2.11. The fourth-order valence-electron chi connectivity index (χ4n) is 1.92. The lowest BCUT2D eigenvalue weighted by Crippen LogP contribution is -2.20. The molecule has 0 aliphatic carbocycles. The highest BCUT2D eigenvalue weighted by Crippen LogP contribution is 2.34. The standard InChI is InChI=1S/C10H13FN2/c1-13-6-7(5-12)9-3-2-8(11)4-10(9)13/h2-4,7H,5-6,12H2,1H3. The molecular formula is C10H13FN2. The second kappa shape index (κ2) is 3.00. The molecule has 0 aromatic heterocycles. The maximum atomic E-state index is 12.9. The third kappa shape index (κ3) is 1.29. The molecule has 0 fully saturated rings. The molecule has 1 atom stereocenters. The van der Waals surface area contributed by atoms with Crippen molar-refractivity contribution in [2.45, 2.75) is 5.92 Å². The van der Waals surface area contributed by atoms with E-state index in [2.05, 4.69) is 4.90 Å². The Bertz CT molecular complexity index is 325. The van der Waals surface area contributed by atoms with Gasteiger partial charge in [-0.1, -0.05) is 6.07 Å². The van der Waals surface area contributed by atoms with E-state index in [1.807, 2.05) is 13.1 Å². The summed E-state index contributed by atoms with van der Waals surface area (Å²) in [6.07, 6.45) is 0. The van der Waals surface area contributed by atoms with Gasteiger partial charge in [-0.3, -0.25) is 0 Å². The SMILES string of the molecule is CN1CC(CN)c2ccc(F)cc21. The van der Waals surface area contributed by atoms with Crippen molar-refractivity contribution in [3.63, 3.8) is 0 Å². The van der Waals surface area contributed by atoms with E-state index in [1.54, 1.807) is 6.07 Å². The molecule has 0 bridgehead atoms. The number of hydrogen-bond donors (Lipinski definition) is 1. The van der Waals surface area contributed by atoms with Crippen molar-refractivity contribution in [3.8, 4) is 0 Å². The molecule has 1 unspecified atom stereocenters. The number of halogens is 1. The van der Waals surface area contributed by atoms with E-state index in [1.165, 1.54) is 11.6 Å². The van der Waals surface area contributed by atoms with Crippen LogP contribution in [0.4, 0.5) is 10.1 Å². The normalized spacial score (nSPS) is 20.5. The molecule has 0 saturated carbocycles. The van der Waals surface area contributed by atoms with Gasteiger partial charge in [0.15, 0.2) is 0 Å². The third-order valence-electron chi connectivity index (χ3n) is 2.62. The topological polar surface area (TPSA) is 29.3 Å². The third-order valence-corrected chi connectivity index (χ3v) is 2.62. The molecule has 2 nitrogen and oxygen atoms in total. The summed E-state index contributed by atoms with van der Waals surface area (Å²) < 4.78 is 12.9. The van der Waals surface area contributed by atoms with Gasteiger partial charge in [0.1, 0.15) is 5.82 Å². The summed E-state index contributed by atoms with van der Waals surface area (Å²) in [6, 6.07) is 4.91. The van der Waals surface area contributed by atoms with Gasteiger partial charge < -0.3 is 10.6 Å². The van der Waals surface area contributed by atoms with Gasteiger partial charge in [-0.25, -0.2) is 4.39 Å². The highest BCUT2D eigenvalue weighted by Gasteiger charge is 2.25. The quantitative estimate of drug-likeness (QED) is 0.706. The average molecular weight is 180 g/mol. The summed E-state index contributed by atoms with van der Waals surface area (Å²) in [4.78, 5) is 2.05. The molecule has 1 aliphatic heterocycles. The monoisotopic (exact) mass is 180 g/mol. The summed E-state index contributed by atoms with van der Waals surface area (Å²) in [5, 5.41) is 0. The van der Waals surface area contributed by atoms with Gasteiger partial charge in [-0.05, 0) is 17.7 Å². The maximum Gasteiger partial charge on any atom is 0.125 e. The van der Waals surface area contributed by atoms with E-state index >= 15 is 0 Å². The van der Waals surface area contributed by atoms with Crippen LogP contribution in [0.2, 0.25) is 0 Å². The van der Waals surface area contributed by atoms with E-state index in [-0.39, 0.29) is 5.82 Å². The van der Waals surface area contributed by atoms with Gasteiger partial charge in [0, 0.05) is 31.7 Å². The lowest BCUT2D eigenvalue weighted by atomic mass is 10.0. The van der Waals surface area contributed by atoms with Crippen LogP contribution in [0, 0.1) is 5.82 Å². The molecule has 0 amide bonds. The van der Waals surface area contributed by atoms with Gasteiger partial charge >= 0.3 is 0 Å². The van der Waals surface area contributed by atoms with Crippen LogP contribution in [-0.2, 0) is 0 Å². The van der Waals surface area contributed by atoms with Gasteiger partial charge in [0.05, 0.1) is 0 Å². The molecular weight excluding hydrogens is 167 g/mol. The summed E-state index contributed by atoms with van der Waals surface area (Å²) in [5.74, 6) is 0.184. The zero-order valence-corrected chi connectivity index (χ0v) is 7.63. The first-order chi connectivity index (χ1) is 6.22. The minimum atomic E-state index is -0.178. The first-order valence-electron chi connectivity index (χ1n) is 4.43. The van der Waals surface area contributed by atoms with Gasteiger partial charge in [0.2, 0.25) is 0 Å². The molecule has 2 rings (SSSR count). The lowest BCUT2D eigenvalue weighted by molar-refractivity contribution is 0.627. The molecule has 1 heterocycles. The fourth-order valence-corrected chi connectivity index (χ4v) is 1.92. The van der Waals surface area contributed by atoms with Crippen LogP contribution in [0.25, 0.3) is 0 Å². The number of nitrogens with zero attached hydrogens (tertiary/aromatic N) is 1. The highest BCUT2D eigenvalue weighted by atomic mass is 19.1. The molecule has 1 aromatic carbocycles. The fraction of sp³-hybridized carbons (Fsp3) is 0.400. The van der Waals surface area contributed by atoms with Crippen LogP contribution in [0.5, 0.6) is 0 Å². The van der Waals surface area contributed by atoms with Gasteiger partial charge in [-0.15, -0.1) is 0 Å². The summed E-state index contributed by atoms with van der Waals surface area (Å²) >= 11 is 0. The minimum absolute atomic E-state index is 0.178. The Morgan fingerprint density at radius 3 is 3.08 bits per heavy atom. The molecule has 2 N–H and O–H groups in total. The number of fused-ring (bicyclic) bond motifs is 1. The van der Waals surface area contributed by atoms with Crippen LogP contribution in [0.15, 0.2) is 18.2 Å². The van der Waals surface area contributed by atoms with E-state index in [0.717, 1.165) is 12.2 Å². The largest absolute Gasteiger partial charge is 0.374 e. The van der Waals surface area contributed by atoms with Gasteiger partial charge in [0.25, 0.3) is 0 Å². The van der Waals surface area contributed by atoms with E-state index in [9.17, 15) is 4.39 Å². The van der Waals surface area contributed by atoms with Gasteiger partial charge in [-0.2, -0.15) is 0 Å². The summed E-state index contributed by atoms with van der Waals surface area (Å²) in [5.41, 5.74) is 7.78. The zero-order valence-electron chi connectivity index (χ0n) is 7.63. The number of anilines is 1. The number of hydrogen-bond acceptors (Lipinski definition) is 2. The number of likely N-dealkylation sites (N-methyl/N-ethyl adjacent to an activating group) is 1. The van der Waals surface area contributed by atoms with Crippen LogP contribution >= 0.6 is 0 Å². The molecule has 70 valence electrons. The predicted octanol–water partition coefficient (Wildman–Crippen LogP) is 1.32. The van der Waals surface area contributed by atoms with E-state index in [0.29, 0.717) is 12.5 Å². The zero-order chi connectivity index (χ0) is 9.42. The molecule has 1 aliphatic rings. The summed E-state index contributed by atoms with van der Waals surface area (Å²) in [6.45, 7) is 1.53. The van der Waals surface area contributed by atoms with Crippen molar-refractivity contribution in [1.29, 1.82) is 0 Å². The van der Waals surface area contributed by atoms with Crippen molar-refractivity contribution < 1.29 is 4.39 Å². The first kappa shape index (κ1) is 8.51. The van der Waals surface area contributed by atoms with Crippen molar-refractivity contribution in [1.82, 2.24) is 0 Å². The Morgan fingerprint density at radius 1 is 1.62 bits per heavy atom.